The summed E-state index contributed by atoms with van der Waals surface area (Å²) < 4.78 is 29.2. The number of hydrogen-bond donors (Lipinski definition) is 0. The summed E-state index contributed by atoms with van der Waals surface area (Å²) in [6.07, 6.45) is 1.64. The standard InChI is InChI=1S/C17H25N3O2S/c1-13(2)20-12-15(16(18-20)17(3,4)5)23(21,22)19(6)14-10-8-7-9-11-14/h7-13H,1-6H3. The fourth-order valence-electron chi connectivity index (χ4n) is 2.27. The van der Waals surface area contributed by atoms with E-state index in [-0.39, 0.29) is 16.4 Å². The summed E-state index contributed by atoms with van der Waals surface area (Å²) in [4.78, 5) is 0.269. The molecular weight excluding hydrogens is 310 g/mol. The molecule has 0 aliphatic carbocycles. The molecule has 23 heavy (non-hydrogen) atoms. The Morgan fingerprint density at radius 1 is 1.13 bits per heavy atom. The first-order chi connectivity index (χ1) is 10.5. The first-order valence-corrected chi connectivity index (χ1v) is 9.12. The molecule has 5 nitrogen and oxygen atoms in total. The van der Waals surface area contributed by atoms with Gasteiger partial charge in [0, 0.05) is 24.7 Å². The van der Waals surface area contributed by atoms with Gasteiger partial charge in [0.1, 0.15) is 4.90 Å². The van der Waals surface area contributed by atoms with Crippen molar-refractivity contribution < 1.29 is 8.42 Å². The van der Waals surface area contributed by atoms with Gasteiger partial charge in [-0.05, 0) is 26.0 Å². The van der Waals surface area contributed by atoms with Crippen molar-refractivity contribution in [2.24, 2.45) is 0 Å². The lowest BCUT2D eigenvalue weighted by atomic mass is 9.92. The Bertz CT molecular complexity index is 772. The van der Waals surface area contributed by atoms with Gasteiger partial charge in [0.15, 0.2) is 0 Å². The Kier molecular flexibility index (Phi) is 4.57. The van der Waals surface area contributed by atoms with Crippen LogP contribution in [0.25, 0.3) is 0 Å². The third-order valence-electron chi connectivity index (χ3n) is 3.70. The van der Waals surface area contributed by atoms with Gasteiger partial charge >= 0.3 is 0 Å². The monoisotopic (exact) mass is 335 g/mol. The maximum Gasteiger partial charge on any atom is 0.267 e. The molecule has 0 aliphatic rings. The first kappa shape index (κ1) is 17.5. The van der Waals surface area contributed by atoms with E-state index in [2.05, 4.69) is 5.10 Å². The summed E-state index contributed by atoms with van der Waals surface area (Å²) in [7, 11) is -2.10. The highest BCUT2D eigenvalue weighted by Gasteiger charge is 2.33. The van der Waals surface area contributed by atoms with Crippen molar-refractivity contribution in [2.75, 3.05) is 11.4 Å². The van der Waals surface area contributed by atoms with Crippen LogP contribution in [0.5, 0.6) is 0 Å². The van der Waals surface area contributed by atoms with Gasteiger partial charge in [-0.15, -0.1) is 0 Å². The van der Waals surface area contributed by atoms with Crippen LogP contribution in [0.2, 0.25) is 0 Å². The minimum atomic E-state index is -3.67. The zero-order valence-electron chi connectivity index (χ0n) is 14.6. The summed E-state index contributed by atoms with van der Waals surface area (Å²) in [6.45, 7) is 9.89. The summed E-state index contributed by atoms with van der Waals surface area (Å²) >= 11 is 0. The first-order valence-electron chi connectivity index (χ1n) is 7.68. The SMILES string of the molecule is CC(C)n1cc(S(=O)(=O)N(C)c2ccccc2)c(C(C)(C)C)n1. The minimum absolute atomic E-state index is 0.0991. The van der Waals surface area contributed by atoms with Crippen LogP contribution >= 0.6 is 0 Å². The Balaban J connectivity index is 2.60. The number of para-hydroxylation sites is 1. The molecule has 0 fully saturated rings. The van der Waals surface area contributed by atoms with Crippen LogP contribution in [0.15, 0.2) is 41.4 Å². The van der Waals surface area contributed by atoms with E-state index in [4.69, 9.17) is 0 Å². The predicted octanol–water partition coefficient (Wildman–Crippen LogP) is 3.59. The van der Waals surface area contributed by atoms with Gasteiger partial charge in [0.05, 0.1) is 11.4 Å². The molecule has 0 saturated heterocycles. The topological polar surface area (TPSA) is 55.2 Å². The van der Waals surface area contributed by atoms with E-state index in [1.807, 2.05) is 52.8 Å². The fourth-order valence-corrected chi connectivity index (χ4v) is 3.80. The molecule has 0 bridgehead atoms. The average molecular weight is 335 g/mol. The van der Waals surface area contributed by atoms with Crippen molar-refractivity contribution >= 4 is 15.7 Å². The fraction of sp³-hybridized carbons (Fsp3) is 0.471. The highest BCUT2D eigenvalue weighted by molar-refractivity contribution is 7.92. The van der Waals surface area contributed by atoms with Crippen LogP contribution in [-0.2, 0) is 15.4 Å². The van der Waals surface area contributed by atoms with Crippen molar-refractivity contribution in [3.05, 3.63) is 42.2 Å². The molecule has 1 heterocycles. The Morgan fingerprint density at radius 2 is 1.70 bits per heavy atom. The van der Waals surface area contributed by atoms with Crippen molar-refractivity contribution in [3.63, 3.8) is 0 Å². The lowest BCUT2D eigenvalue weighted by Crippen LogP contribution is -2.28. The van der Waals surface area contributed by atoms with Gasteiger partial charge in [0.2, 0.25) is 0 Å². The number of rotatable bonds is 4. The molecule has 1 aromatic heterocycles. The van der Waals surface area contributed by atoms with Crippen molar-refractivity contribution in [2.45, 2.75) is 51.0 Å². The summed E-state index contributed by atoms with van der Waals surface area (Å²) in [5.74, 6) is 0. The van der Waals surface area contributed by atoms with Gasteiger partial charge in [-0.3, -0.25) is 8.99 Å². The van der Waals surface area contributed by atoms with Crippen molar-refractivity contribution in [3.8, 4) is 0 Å². The number of sulfonamides is 1. The number of aromatic nitrogens is 2. The molecule has 0 spiro atoms. The third-order valence-corrected chi connectivity index (χ3v) is 5.48. The third kappa shape index (κ3) is 3.42. The molecule has 0 amide bonds. The van der Waals surface area contributed by atoms with Crippen molar-refractivity contribution in [1.29, 1.82) is 0 Å². The highest BCUT2D eigenvalue weighted by atomic mass is 32.2. The molecule has 0 saturated carbocycles. The molecular formula is C17H25N3O2S. The molecule has 2 aromatic rings. The van der Waals surface area contributed by atoms with E-state index < -0.39 is 10.0 Å². The van der Waals surface area contributed by atoms with Crippen LogP contribution in [0.1, 0.15) is 46.4 Å². The molecule has 1 aromatic carbocycles. The van der Waals surface area contributed by atoms with Crippen LogP contribution in [0, 0.1) is 0 Å². The zero-order chi connectivity index (χ0) is 17.4. The van der Waals surface area contributed by atoms with E-state index >= 15 is 0 Å². The second-order valence-electron chi connectivity index (χ2n) is 6.97. The predicted molar refractivity (Wildman–Crippen MR) is 93.3 cm³/mol. The summed E-state index contributed by atoms with van der Waals surface area (Å²) in [6, 6.07) is 9.17. The molecule has 0 unspecified atom stereocenters. The lowest BCUT2D eigenvalue weighted by Gasteiger charge is -2.22. The number of benzene rings is 1. The van der Waals surface area contributed by atoms with Gasteiger partial charge in [-0.2, -0.15) is 5.10 Å². The smallest absolute Gasteiger partial charge is 0.267 e. The average Bonchev–Trinajstić information content (AvgIpc) is 2.93. The lowest BCUT2D eigenvalue weighted by molar-refractivity contribution is 0.493. The normalized spacial score (nSPS) is 12.7. The van der Waals surface area contributed by atoms with Crippen LogP contribution < -0.4 is 4.31 Å². The van der Waals surface area contributed by atoms with Gasteiger partial charge in [0.25, 0.3) is 10.0 Å². The summed E-state index contributed by atoms with van der Waals surface area (Å²) in [5, 5.41) is 4.53. The molecule has 0 N–H and O–H groups in total. The number of nitrogens with zero attached hydrogens (tertiary/aromatic N) is 3. The quantitative estimate of drug-likeness (QED) is 0.858. The van der Waals surface area contributed by atoms with E-state index in [1.54, 1.807) is 30.1 Å². The van der Waals surface area contributed by atoms with Gasteiger partial charge < -0.3 is 0 Å². The van der Waals surface area contributed by atoms with Gasteiger partial charge in [-0.1, -0.05) is 39.0 Å². The van der Waals surface area contributed by atoms with E-state index in [1.165, 1.54) is 4.31 Å². The van der Waals surface area contributed by atoms with E-state index in [0.29, 0.717) is 11.4 Å². The maximum atomic E-state index is 13.1. The zero-order valence-corrected chi connectivity index (χ0v) is 15.4. The second-order valence-corrected chi connectivity index (χ2v) is 8.91. The number of anilines is 1. The molecule has 0 atom stereocenters. The van der Waals surface area contributed by atoms with E-state index in [0.717, 1.165) is 0 Å². The van der Waals surface area contributed by atoms with Crippen molar-refractivity contribution in [1.82, 2.24) is 9.78 Å². The maximum absolute atomic E-state index is 13.1. The Hall–Kier alpha value is -1.82. The van der Waals surface area contributed by atoms with Crippen LogP contribution in [0.4, 0.5) is 5.69 Å². The molecule has 0 radical (unpaired) electrons. The highest BCUT2D eigenvalue weighted by Crippen LogP contribution is 2.31. The van der Waals surface area contributed by atoms with E-state index in [9.17, 15) is 8.42 Å². The Morgan fingerprint density at radius 3 is 2.17 bits per heavy atom. The van der Waals surface area contributed by atoms with Gasteiger partial charge in [-0.25, -0.2) is 8.42 Å². The number of hydrogen-bond acceptors (Lipinski definition) is 3. The van der Waals surface area contributed by atoms with Crippen LogP contribution in [-0.4, -0.2) is 25.2 Å². The molecule has 6 heteroatoms. The minimum Gasteiger partial charge on any atom is -0.269 e. The Labute approximate surface area is 139 Å². The largest absolute Gasteiger partial charge is 0.269 e. The molecule has 126 valence electrons. The summed E-state index contributed by atoms with van der Waals surface area (Å²) in [5.41, 5.74) is 0.860. The second kappa shape index (κ2) is 6.00. The van der Waals surface area contributed by atoms with Crippen LogP contribution in [0.3, 0.4) is 0 Å². The molecule has 0 aliphatic heterocycles. The molecule has 2 rings (SSSR count).